The molecule has 30 heavy (non-hydrogen) atoms. The van der Waals surface area contributed by atoms with Gasteiger partial charge in [-0.15, -0.1) is 0 Å². The van der Waals surface area contributed by atoms with Gasteiger partial charge in [0.25, 0.3) is 0 Å². The van der Waals surface area contributed by atoms with E-state index >= 15 is 0 Å². The Hall–Kier alpha value is -2.37. The Morgan fingerprint density at radius 1 is 0.967 bits per heavy atom. The van der Waals surface area contributed by atoms with Crippen LogP contribution in [-0.4, -0.2) is 23.6 Å². The first-order valence-electron chi connectivity index (χ1n) is 10.2. The molecule has 0 aromatic heterocycles. The van der Waals surface area contributed by atoms with Crippen molar-refractivity contribution < 1.29 is 13.9 Å². The van der Waals surface area contributed by atoms with Crippen molar-refractivity contribution in [3.05, 3.63) is 94.2 Å². The first-order valence-corrected chi connectivity index (χ1v) is 11.0. The van der Waals surface area contributed by atoms with Gasteiger partial charge in [-0.05, 0) is 47.9 Å². The second kappa shape index (κ2) is 9.63. The molecule has 0 unspecified atom stereocenters. The molecule has 0 bridgehead atoms. The van der Waals surface area contributed by atoms with Crippen LogP contribution in [0.25, 0.3) is 0 Å². The standard InChI is InChI=1S/C25H25BrFNO2/c1-2-22-25(16-28(22)15-18-7-4-3-5-8-18)30-24-14-20(26)11-12-23(24)29-17-19-9-6-10-21(27)13-19/h3-14,22,25H,2,15-17H2,1H3/t22-,25+/m0/s1. The van der Waals surface area contributed by atoms with E-state index in [1.807, 2.05) is 30.3 Å². The molecule has 5 heteroatoms. The zero-order valence-electron chi connectivity index (χ0n) is 16.9. The molecule has 0 saturated carbocycles. The van der Waals surface area contributed by atoms with Crippen molar-refractivity contribution in [1.29, 1.82) is 0 Å². The summed E-state index contributed by atoms with van der Waals surface area (Å²) in [5.41, 5.74) is 2.10. The monoisotopic (exact) mass is 469 g/mol. The van der Waals surface area contributed by atoms with E-state index in [2.05, 4.69) is 52.0 Å². The van der Waals surface area contributed by atoms with Crippen LogP contribution in [0.2, 0.25) is 0 Å². The largest absolute Gasteiger partial charge is 0.485 e. The molecule has 0 N–H and O–H groups in total. The van der Waals surface area contributed by atoms with Gasteiger partial charge in [-0.3, -0.25) is 4.90 Å². The summed E-state index contributed by atoms with van der Waals surface area (Å²) in [4.78, 5) is 2.45. The summed E-state index contributed by atoms with van der Waals surface area (Å²) in [6, 6.07) is 23.1. The molecule has 3 aromatic carbocycles. The summed E-state index contributed by atoms with van der Waals surface area (Å²) in [6.07, 6.45) is 1.13. The highest BCUT2D eigenvalue weighted by molar-refractivity contribution is 9.10. The van der Waals surface area contributed by atoms with E-state index in [0.29, 0.717) is 17.5 Å². The van der Waals surface area contributed by atoms with Crippen molar-refractivity contribution in [1.82, 2.24) is 4.90 Å². The van der Waals surface area contributed by atoms with Crippen molar-refractivity contribution in [2.24, 2.45) is 0 Å². The van der Waals surface area contributed by atoms with Crippen molar-refractivity contribution in [2.45, 2.75) is 38.6 Å². The third-order valence-electron chi connectivity index (χ3n) is 5.43. The average molecular weight is 470 g/mol. The fraction of sp³-hybridized carbons (Fsp3) is 0.280. The molecule has 0 aliphatic carbocycles. The molecule has 1 aliphatic heterocycles. The number of rotatable bonds is 8. The van der Waals surface area contributed by atoms with Crippen molar-refractivity contribution in [3.63, 3.8) is 0 Å². The highest BCUT2D eigenvalue weighted by atomic mass is 79.9. The van der Waals surface area contributed by atoms with Gasteiger partial charge in [-0.2, -0.15) is 0 Å². The Labute approximate surface area is 185 Å². The predicted molar refractivity (Wildman–Crippen MR) is 120 cm³/mol. The van der Waals surface area contributed by atoms with E-state index in [-0.39, 0.29) is 18.5 Å². The van der Waals surface area contributed by atoms with E-state index in [9.17, 15) is 4.39 Å². The quantitative estimate of drug-likeness (QED) is 0.391. The van der Waals surface area contributed by atoms with Crippen LogP contribution in [0.15, 0.2) is 77.3 Å². The van der Waals surface area contributed by atoms with Crippen LogP contribution in [0.4, 0.5) is 4.39 Å². The van der Waals surface area contributed by atoms with Crippen LogP contribution in [0.3, 0.4) is 0 Å². The van der Waals surface area contributed by atoms with Crippen LogP contribution in [-0.2, 0) is 13.2 Å². The van der Waals surface area contributed by atoms with Crippen molar-refractivity contribution >= 4 is 15.9 Å². The molecule has 1 aliphatic rings. The molecule has 3 aromatic rings. The zero-order valence-corrected chi connectivity index (χ0v) is 18.5. The normalized spacial score (nSPS) is 18.6. The van der Waals surface area contributed by atoms with Crippen LogP contribution < -0.4 is 9.47 Å². The Morgan fingerprint density at radius 2 is 1.77 bits per heavy atom. The maximum atomic E-state index is 13.4. The molecular weight excluding hydrogens is 445 g/mol. The summed E-state index contributed by atoms with van der Waals surface area (Å²) < 4.78 is 26.7. The summed E-state index contributed by atoms with van der Waals surface area (Å²) in [7, 11) is 0. The third kappa shape index (κ3) is 5.02. The number of nitrogens with zero attached hydrogens (tertiary/aromatic N) is 1. The molecule has 0 spiro atoms. The molecule has 1 heterocycles. The van der Waals surface area contributed by atoms with Crippen LogP contribution in [0, 0.1) is 5.82 Å². The number of benzene rings is 3. The SMILES string of the molecule is CC[C@H]1[C@H](Oc2cc(Br)ccc2OCc2cccc(F)c2)CN1Cc1ccccc1. The van der Waals surface area contributed by atoms with Gasteiger partial charge in [-0.1, -0.05) is 65.3 Å². The predicted octanol–water partition coefficient (Wildman–Crippen LogP) is 6.21. The Morgan fingerprint density at radius 3 is 2.53 bits per heavy atom. The van der Waals surface area contributed by atoms with E-state index in [4.69, 9.17) is 9.47 Å². The second-order valence-electron chi connectivity index (χ2n) is 7.56. The Balaban J connectivity index is 1.42. The molecule has 4 rings (SSSR count). The lowest BCUT2D eigenvalue weighted by molar-refractivity contribution is -0.0534. The minimum absolute atomic E-state index is 0.115. The van der Waals surface area contributed by atoms with E-state index in [0.717, 1.165) is 29.5 Å². The number of ether oxygens (including phenoxy) is 2. The summed E-state index contributed by atoms with van der Waals surface area (Å²) in [6.45, 7) is 4.29. The van der Waals surface area contributed by atoms with Crippen LogP contribution in [0.1, 0.15) is 24.5 Å². The molecule has 156 valence electrons. The average Bonchev–Trinajstić information content (AvgIpc) is 2.73. The smallest absolute Gasteiger partial charge is 0.162 e. The third-order valence-corrected chi connectivity index (χ3v) is 5.92. The molecule has 0 amide bonds. The maximum Gasteiger partial charge on any atom is 0.162 e. The number of hydrogen-bond donors (Lipinski definition) is 0. The van der Waals surface area contributed by atoms with Gasteiger partial charge >= 0.3 is 0 Å². The summed E-state index contributed by atoms with van der Waals surface area (Å²) in [5.74, 6) is 1.12. The highest BCUT2D eigenvalue weighted by Crippen LogP contribution is 2.35. The number of hydrogen-bond acceptors (Lipinski definition) is 3. The lowest BCUT2D eigenvalue weighted by atomic mass is 9.95. The highest BCUT2D eigenvalue weighted by Gasteiger charge is 2.39. The first kappa shape index (κ1) is 20.9. The molecular formula is C25H25BrFNO2. The molecule has 2 atom stereocenters. The van der Waals surface area contributed by atoms with Crippen molar-refractivity contribution in [2.75, 3.05) is 6.54 Å². The van der Waals surface area contributed by atoms with Gasteiger partial charge in [0.05, 0.1) is 0 Å². The maximum absolute atomic E-state index is 13.4. The van der Waals surface area contributed by atoms with Gasteiger partial charge in [0.2, 0.25) is 0 Å². The van der Waals surface area contributed by atoms with E-state index in [1.54, 1.807) is 6.07 Å². The minimum atomic E-state index is -0.262. The van der Waals surface area contributed by atoms with E-state index in [1.165, 1.54) is 17.7 Å². The van der Waals surface area contributed by atoms with Gasteiger partial charge < -0.3 is 9.47 Å². The van der Waals surface area contributed by atoms with Gasteiger partial charge in [-0.25, -0.2) is 4.39 Å². The number of likely N-dealkylation sites (tertiary alicyclic amines) is 1. The molecule has 3 nitrogen and oxygen atoms in total. The van der Waals surface area contributed by atoms with Crippen LogP contribution >= 0.6 is 15.9 Å². The fourth-order valence-corrected chi connectivity index (χ4v) is 4.21. The van der Waals surface area contributed by atoms with Crippen molar-refractivity contribution in [3.8, 4) is 11.5 Å². The zero-order chi connectivity index (χ0) is 20.9. The Bertz CT molecular complexity index is 982. The lowest BCUT2D eigenvalue weighted by Crippen LogP contribution is -2.61. The summed E-state index contributed by atoms with van der Waals surface area (Å²) >= 11 is 3.52. The molecule has 1 fully saturated rings. The fourth-order valence-electron chi connectivity index (χ4n) is 3.87. The van der Waals surface area contributed by atoms with Crippen LogP contribution in [0.5, 0.6) is 11.5 Å². The van der Waals surface area contributed by atoms with Gasteiger partial charge in [0.15, 0.2) is 11.5 Å². The number of halogens is 2. The Kier molecular flexibility index (Phi) is 6.70. The van der Waals surface area contributed by atoms with E-state index < -0.39 is 0 Å². The first-order chi connectivity index (χ1) is 14.6. The topological polar surface area (TPSA) is 21.7 Å². The summed E-state index contributed by atoms with van der Waals surface area (Å²) in [5, 5.41) is 0. The lowest BCUT2D eigenvalue weighted by Gasteiger charge is -2.47. The molecule has 0 radical (unpaired) electrons. The van der Waals surface area contributed by atoms with Gasteiger partial charge in [0.1, 0.15) is 18.5 Å². The minimum Gasteiger partial charge on any atom is -0.485 e. The molecule has 1 saturated heterocycles. The van der Waals surface area contributed by atoms with Gasteiger partial charge in [0, 0.05) is 23.6 Å². The second-order valence-corrected chi connectivity index (χ2v) is 8.47.